The van der Waals surface area contributed by atoms with E-state index in [2.05, 4.69) is 5.16 Å². The fourth-order valence-electron chi connectivity index (χ4n) is 2.06. The molecule has 1 N–H and O–H groups in total. The maximum absolute atomic E-state index is 9.02. The van der Waals surface area contributed by atoms with Gasteiger partial charge in [-0.05, 0) is 24.1 Å². The SMILES string of the molecule is CC/C(=N\O)c1ccc(OCc2ccccc2)cc1OC. The monoisotopic (exact) mass is 285 g/mol. The summed E-state index contributed by atoms with van der Waals surface area (Å²) in [5, 5.41) is 12.3. The highest BCUT2D eigenvalue weighted by atomic mass is 16.5. The van der Waals surface area contributed by atoms with Gasteiger partial charge in [-0.1, -0.05) is 42.4 Å². The Labute approximate surface area is 124 Å². The molecule has 0 unspecified atom stereocenters. The van der Waals surface area contributed by atoms with Crippen LogP contribution in [0.1, 0.15) is 24.5 Å². The Balaban J connectivity index is 2.15. The van der Waals surface area contributed by atoms with Crippen molar-refractivity contribution >= 4 is 5.71 Å². The first kappa shape index (κ1) is 14.9. The second kappa shape index (κ2) is 7.33. The van der Waals surface area contributed by atoms with E-state index in [1.807, 2.05) is 49.4 Å². The zero-order valence-electron chi connectivity index (χ0n) is 12.2. The van der Waals surface area contributed by atoms with Gasteiger partial charge in [0.1, 0.15) is 18.1 Å². The summed E-state index contributed by atoms with van der Waals surface area (Å²) in [6.45, 7) is 2.42. The summed E-state index contributed by atoms with van der Waals surface area (Å²) in [6, 6.07) is 15.5. The van der Waals surface area contributed by atoms with Crippen molar-refractivity contribution in [1.29, 1.82) is 0 Å². The van der Waals surface area contributed by atoms with Crippen molar-refractivity contribution in [3.8, 4) is 11.5 Å². The van der Waals surface area contributed by atoms with E-state index < -0.39 is 0 Å². The fourth-order valence-corrected chi connectivity index (χ4v) is 2.06. The third-order valence-electron chi connectivity index (χ3n) is 3.19. The van der Waals surface area contributed by atoms with Crippen molar-refractivity contribution < 1.29 is 14.7 Å². The fraction of sp³-hybridized carbons (Fsp3) is 0.235. The minimum Gasteiger partial charge on any atom is -0.496 e. The van der Waals surface area contributed by atoms with Crippen molar-refractivity contribution in [1.82, 2.24) is 0 Å². The first-order chi connectivity index (χ1) is 10.3. The summed E-state index contributed by atoms with van der Waals surface area (Å²) in [4.78, 5) is 0. The molecule has 0 amide bonds. The smallest absolute Gasteiger partial charge is 0.131 e. The van der Waals surface area contributed by atoms with Crippen molar-refractivity contribution in [2.75, 3.05) is 7.11 Å². The molecule has 0 saturated heterocycles. The molecular formula is C17H19NO3. The molecule has 0 bridgehead atoms. The van der Waals surface area contributed by atoms with Crippen LogP contribution in [0.3, 0.4) is 0 Å². The Morgan fingerprint density at radius 3 is 2.52 bits per heavy atom. The van der Waals surface area contributed by atoms with Crippen LogP contribution in [0.15, 0.2) is 53.7 Å². The average Bonchev–Trinajstić information content (AvgIpc) is 2.55. The van der Waals surface area contributed by atoms with Crippen LogP contribution in [0, 0.1) is 0 Å². The molecule has 0 spiro atoms. The van der Waals surface area contributed by atoms with Crippen LogP contribution in [0.5, 0.6) is 11.5 Å². The second-order valence-electron chi connectivity index (χ2n) is 4.54. The first-order valence-electron chi connectivity index (χ1n) is 6.84. The number of methoxy groups -OCH3 is 1. The van der Waals surface area contributed by atoms with Gasteiger partial charge < -0.3 is 14.7 Å². The summed E-state index contributed by atoms with van der Waals surface area (Å²) in [5.41, 5.74) is 2.46. The molecule has 0 aliphatic heterocycles. The van der Waals surface area contributed by atoms with Gasteiger partial charge in [-0.3, -0.25) is 0 Å². The van der Waals surface area contributed by atoms with E-state index in [-0.39, 0.29) is 0 Å². The molecule has 0 atom stereocenters. The molecule has 0 saturated carbocycles. The molecule has 0 aliphatic rings. The van der Waals surface area contributed by atoms with Crippen LogP contribution >= 0.6 is 0 Å². The third kappa shape index (κ3) is 3.75. The molecule has 2 aromatic rings. The Kier molecular flexibility index (Phi) is 5.21. The molecule has 0 fully saturated rings. The van der Waals surface area contributed by atoms with Crippen molar-refractivity contribution in [3.05, 3.63) is 59.7 Å². The lowest BCUT2D eigenvalue weighted by atomic mass is 10.1. The lowest BCUT2D eigenvalue weighted by Gasteiger charge is -2.12. The number of hydrogen-bond acceptors (Lipinski definition) is 4. The van der Waals surface area contributed by atoms with Crippen LogP contribution in [-0.2, 0) is 6.61 Å². The van der Waals surface area contributed by atoms with Crippen LogP contribution in [0.2, 0.25) is 0 Å². The molecule has 4 heteroatoms. The van der Waals surface area contributed by atoms with E-state index in [0.29, 0.717) is 30.2 Å². The number of rotatable bonds is 6. The topological polar surface area (TPSA) is 51.1 Å². The Morgan fingerprint density at radius 1 is 1.14 bits per heavy atom. The summed E-state index contributed by atoms with van der Waals surface area (Å²) < 4.78 is 11.1. The number of benzene rings is 2. The van der Waals surface area contributed by atoms with Gasteiger partial charge in [0.25, 0.3) is 0 Å². The van der Waals surface area contributed by atoms with Crippen LogP contribution in [0.4, 0.5) is 0 Å². The van der Waals surface area contributed by atoms with E-state index in [1.165, 1.54) is 0 Å². The number of ether oxygens (including phenoxy) is 2. The first-order valence-corrected chi connectivity index (χ1v) is 6.84. The molecular weight excluding hydrogens is 266 g/mol. The maximum Gasteiger partial charge on any atom is 0.131 e. The Hall–Kier alpha value is -2.49. The Bertz CT molecular complexity index is 609. The summed E-state index contributed by atoms with van der Waals surface area (Å²) >= 11 is 0. The zero-order chi connectivity index (χ0) is 15.1. The predicted molar refractivity (Wildman–Crippen MR) is 82.4 cm³/mol. The number of oxime groups is 1. The van der Waals surface area contributed by atoms with E-state index in [9.17, 15) is 0 Å². The van der Waals surface area contributed by atoms with Gasteiger partial charge in [-0.15, -0.1) is 0 Å². The molecule has 110 valence electrons. The summed E-state index contributed by atoms with van der Waals surface area (Å²) in [5.74, 6) is 1.35. The molecule has 0 aliphatic carbocycles. The predicted octanol–water partition coefficient (Wildman–Crippen LogP) is 3.86. The van der Waals surface area contributed by atoms with Gasteiger partial charge in [-0.25, -0.2) is 0 Å². The summed E-state index contributed by atoms with van der Waals surface area (Å²) in [6.07, 6.45) is 0.622. The van der Waals surface area contributed by atoms with E-state index in [1.54, 1.807) is 13.2 Å². The van der Waals surface area contributed by atoms with Crippen molar-refractivity contribution in [2.45, 2.75) is 20.0 Å². The van der Waals surface area contributed by atoms with Gasteiger partial charge in [0.15, 0.2) is 0 Å². The number of hydrogen-bond donors (Lipinski definition) is 1. The van der Waals surface area contributed by atoms with Gasteiger partial charge in [0, 0.05) is 11.6 Å². The highest BCUT2D eigenvalue weighted by molar-refractivity contribution is 6.02. The van der Waals surface area contributed by atoms with Crippen molar-refractivity contribution in [3.63, 3.8) is 0 Å². The quantitative estimate of drug-likeness (QED) is 0.498. The van der Waals surface area contributed by atoms with Gasteiger partial charge >= 0.3 is 0 Å². The normalized spacial score (nSPS) is 11.2. The molecule has 21 heavy (non-hydrogen) atoms. The maximum atomic E-state index is 9.02. The van der Waals surface area contributed by atoms with Crippen molar-refractivity contribution in [2.24, 2.45) is 5.16 Å². The molecule has 4 nitrogen and oxygen atoms in total. The third-order valence-corrected chi connectivity index (χ3v) is 3.19. The van der Waals surface area contributed by atoms with Crippen LogP contribution in [-0.4, -0.2) is 18.0 Å². The average molecular weight is 285 g/mol. The van der Waals surface area contributed by atoms with Gasteiger partial charge in [-0.2, -0.15) is 0 Å². The summed E-state index contributed by atoms with van der Waals surface area (Å²) in [7, 11) is 1.59. The minimum absolute atomic E-state index is 0.498. The standard InChI is InChI=1S/C17H19NO3/c1-3-16(18-19)15-10-9-14(11-17(15)20-2)21-12-13-7-5-4-6-8-13/h4-11,19H,3,12H2,1-2H3/b18-16+. The highest BCUT2D eigenvalue weighted by Crippen LogP contribution is 2.26. The molecule has 0 heterocycles. The molecule has 0 radical (unpaired) electrons. The molecule has 2 aromatic carbocycles. The second-order valence-corrected chi connectivity index (χ2v) is 4.54. The number of nitrogens with zero attached hydrogens (tertiary/aromatic N) is 1. The van der Waals surface area contributed by atoms with Crippen LogP contribution < -0.4 is 9.47 Å². The lowest BCUT2D eigenvalue weighted by Crippen LogP contribution is -2.03. The van der Waals surface area contributed by atoms with E-state index >= 15 is 0 Å². The van der Waals surface area contributed by atoms with Gasteiger partial charge in [0.05, 0.1) is 12.8 Å². The Morgan fingerprint density at radius 2 is 1.90 bits per heavy atom. The molecule has 0 aromatic heterocycles. The van der Waals surface area contributed by atoms with Gasteiger partial charge in [0.2, 0.25) is 0 Å². The highest BCUT2D eigenvalue weighted by Gasteiger charge is 2.10. The lowest BCUT2D eigenvalue weighted by molar-refractivity contribution is 0.303. The van der Waals surface area contributed by atoms with E-state index in [0.717, 1.165) is 11.1 Å². The minimum atomic E-state index is 0.498. The largest absolute Gasteiger partial charge is 0.496 e. The zero-order valence-corrected chi connectivity index (χ0v) is 12.2. The van der Waals surface area contributed by atoms with E-state index in [4.69, 9.17) is 14.7 Å². The van der Waals surface area contributed by atoms with Crippen LogP contribution in [0.25, 0.3) is 0 Å². The molecule has 2 rings (SSSR count).